The molecule has 11 nitrogen and oxygen atoms in total. The van der Waals surface area contributed by atoms with Gasteiger partial charge in [0.1, 0.15) is 11.9 Å². The van der Waals surface area contributed by atoms with Crippen LogP contribution < -0.4 is 20.1 Å². The number of benzene rings is 4. The summed E-state index contributed by atoms with van der Waals surface area (Å²) in [4.78, 5) is 28.7. The van der Waals surface area contributed by atoms with E-state index < -0.39 is 34.1 Å². The van der Waals surface area contributed by atoms with Gasteiger partial charge in [-0.2, -0.15) is 4.31 Å². The molecule has 3 atom stereocenters. The molecule has 5 rings (SSSR count). The van der Waals surface area contributed by atoms with E-state index in [0.29, 0.717) is 11.4 Å². The monoisotopic (exact) mass is 680 g/mol. The molecule has 0 spiro atoms. The number of ether oxygens (including phenoxy) is 2. The molecule has 0 bridgehead atoms. The molecular weight excluding hydrogens is 644 g/mol. The average Bonchev–Trinajstić information content (AvgIpc) is 3.06. The zero-order chi connectivity index (χ0) is 33.9. The van der Waals surface area contributed by atoms with Crippen LogP contribution in [0.4, 0.5) is 16.2 Å². The molecular formula is C34H37ClN4O7S. The molecule has 1 heterocycles. The molecule has 1 aliphatic rings. The van der Waals surface area contributed by atoms with Crippen molar-refractivity contribution in [3.8, 4) is 11.5 Å². The molecule has 4 aromatic carbocycles. The largest absolute Gasteiger partial charge is 0.495 e. The van der Waals surface area contributed by atoms with Crippen LogP contribution in [-0.4, -0.2) is 80.7 Å². The molecule has 0 saturated heterocycles. The Labute approximate surface area is 279 Å². The number of amides is 3. The highest BCUT2D eigenvalue weighted by Gasteiger charge is 2.36. The first-order valence-electron chi connectivity index (χ1n) is 15.0. The molecule has 0 saturated carbocycles. The predicted octanol–water partition coefficient (Wildman–Crippen LogP) is 5.69. The molecule has 4 aromatic rings. The van der Waals surface area contributed by atoms with Gasteiger partial charge in [0.15, 0.2) is 5.75 Å². The SMILES string of the molecule is COc1ccc(S(=O)(=O)N(C)CC2Oc3c(NC(=O)Nc4cccc5ccccc45)cccc3C(=O)N(C(C)CO)CC2C)cc1Cl. The van der Waals surface area contributed by atoms with Crippen molar-refractivity contribution in [1.29, 1.82) is 0 Å². The summed E-state index contributed by atoms with van der Waals surface area (Å²) < 4.78 is 40.1. The summed E-state index contributed by atoms with van der Waals surface area (Å²) in [7, 11) is -1.15. The number of fused-ring (bicyclic) bond motifs is 2. The van der Waals surface area contributed by atoms with E-state index in [0.717, 1.165) is 10.8 Å². The number of para-hydroxylation sites is 1. The number of hydrogen-bond acceptors (Lipinski definition) is 7. The number of halogens is 1. The van der Waals surface area contributed by atoms with Gasteiger partial charge in [-0.3, -0.25) is 4.79 Å². The van der Waals surface area contributed by atoms with Crippen LogP contribution in [0.5, 0.6) is 11.5 Å². The van der Waals surface area contributed by atoms with E-state index in [9.17, 15) is 23.1 Å². The summed E-state index contributed by atoms with van der Waals surface area (Å²) in [5.74, 6) is -0.348. The summed E-state index contributed by atoms with van der Waals surface area (Å²) in [5, 5.41) is 17.6. The Bertz CT molecular complexity index is 1900. The molecule has 248 valence electrons. The minimum Gasteiger partial charge on any atom is -0.495 e. The number of nitrogens with one attached hydrogen (secondary N) is 2. The number of nitrogens with zero attached hydrogens (tertiary/aromatic N) is 2. The van der Waals surface area contributed by atoms with Crippen molar-refractivity contribution in [1.82, 2.24) is 9.21 Å². The van der Waals surface area contributed by atoms with E-state index in [-0.39, 0.29) is 52.5 Å². The molecule has 0 fully saturated rings. The second-order valence-corrected chi connectivity index (χ2v) is 13.9. The number of aliphatic hydroxyl groups is 1. The molecule has 0 radical (unpaired) electrons. The number of carbonyl (C=O) groups is 2. The number of aliphatic hydroxyl groups excluding tert-OH is 1. The van der Waals surface area contributed by atoms with Gasteiger partial charge in [0.05, 0.1) is 53.2 Å². The Balaban J connectivity index is 1.48. The van der Waals surface area contributed by atoms with E-state index in [1.807, 2.05) is 43.3 Å². The summed E-state index contributed by atoms with van der Waals surface area (Å²) in [6, 6.07) is 21.1. The number of methoxy groups -OCH3 is 1. The van der Waals surface area contributed by atoms with Crippen LogP contribution in [0.2, 0.25) is 5.02 Å². The van der Waals surface area contributed by atoms with Gasteiger partial charge < -0.3 is 30.1 Å². The quantitative estimate of drug-likeness (QED) is 0.207. The Hall–Kier alpha value is -4.36. The maximum atomic E-state index is 13.8. The van der Waals surface area contributed by atoms with Crippen molar-refractivity contribution in [3.05, 3.63) is 89.4 Å². The second-order valence-electron chi connectivity index (χ2n) is 11.5. The third-order valence-electron chi connectivity index (χ3n) is 8.25. The molecule has 3 N–H and O–H groups in total. The van der Waals surface area contributed by atoms with Crippen LogP contribution in [0.15, 0.2) is 83.8 Å². The van der Waals surface area contributed by atoms with Crippen LogP contribution in [0.1, 0.15) is 24.2 Å². The first-order valence-corrected chi connectivity index (χ1v) is 16.8. The third-order valence-corrected chi connectivity index (χ3v) is 10.4. The molecule has 0 aromatic heterocycles. The third kappa shape index (κ3) is 7.15. The van der Waals surface area contributed by atoms with Gasteiger partial charge >= 0.3 is 6.03 Å². The fourth-order valence-corrected chi connectivity index (χ4v) is 7.04. The first kappa shape index (κ1) is 34.0. The number of rotatable bonds is 9. The van der Waals surface area contributed by atoms with Crippen molar-refractivity contribution in [2.75, 3.05) is 44.5 Å². The van der Waals surface area contributed by atoms with Crippen LogP contribution >= 0.6 is 11.6 Å². The number of likely N-dealkylation sites (N-methyl/N-ethyl adjacent to an activating group) is 1. The van der Waals surface area contributed by atoms with Crippen molar-refractivity contribution in [2.45, 2.75) is 30.9 Å². The molecule has 47 heavy (non-hydrogen) atoms. The number of hydrogen-bond donors (Lipinski definition) is 3. The fraction of sp³-hybridized carbons (Fsp3) is 0.294. The van der Waals surface area contributed by atoms with Crippen LogP contribution in [0.3, 0.4) is 0 Å². The lowest BCUT2D eigenvalue weighted by Gasteiger charge is -2.38. The number of anilines is 2. The summed E-state index contributed by atoms with van der Waals surface area (Å²) in [5.41, 5.74) is 0.977. The van der Waals surface area contributed by atoms with Crippen molar-refractivity contribution < 1.29 is 32.6 Å². The highest BCUT2D eigenvalue weighted by atomic mass is 35.5. The Kier molecular flexibility index (Phi) is 10.3. The van der Waals surface area contributed by atoms with Gasteiger partial charge in [0, 0.05) is 24.9 Å². The topological polar surface area (TPSA) is 138 Å². The van der Waals surface area contributed by atoms with Gasteiger partial charge in [-0.1, -0.05) is 61.0 Å². The maximum Gasteiger partial charge on any atom is 0.323 e. The number of urea groups is 1. The highest BCUT2D eigenvalue weighted by molar-refractivity contribution is 7.89. The van der Waals surface area contributed by atoms with Crippen molar-refractivity contribution in [2.24, 2.45) is 5.92 Å². The lowest BCUT2D eigenvalue weighted by atomic mass is 9.99. The second kappa shape index (κ2) is 14.2. The average molecular weight is 681 g/mol. The lowest BCUT2D eigenvalue weighted by Crippen LogP contribution is -2.50. The van der Waals surface area contributed by atoms with E-state index in [4.69, 9.17) is 21.1 Å². The maximum absolute atomic E-state index is 13.8. The zero-order valence-corrected chi connectivity index (χ0v) is 28.0. The Morgan fingerprint density at radius 2 is 1.77 bits per heavy atom. The van der Waals surface area contributed by atoms with Crippen molar-refractivity contribution >= 4 is 55.7 Å². The zero-order valence-electron chi connectivity index (χ0n) is 26.4. The minimum atomic E-state index is -4.02. The highest BCUT2D eigenvalue weighted by Crippen LogP contribution is 2.36. The van der Waals surface area contributed by atoms with E-state index in [1.54, 1.807) is 31.2 Å². The minimum absolute atomic E-state index is 0.0251. The molecule has 3 amide bonds. The van der Waals surface area contributed by atoms with E-state index in [2.05, 4.69) is 10.6 Å². The Morgan fingerprint density at radius 1 is 1.09 bits per heavy atom. The van der Waals surface area contributed by atoms with Crippen molar-refractivity contribution in [3.63, 3.8) is 0 Å². The fourth-order valence-electron chi connectivity index (χ4n) is 5.51. The summed E-state index contributed by atoms with van der Waals surface area (Å²) >= 11 is 6.23. The molecule has 1 aliphatic heterocycles. The van der Waals surface area contributed by atoms with Crippen LogP contribution in [0, 0.1) is 5.92 Å². The first-order chi connectivity index (χ1) is 22.4. The normalized spacial score (nSPS) is 17.3. The van der Waals surface area contributed by atoms with Gasteiger partial charge in [0.2, 0.25) is 10.0 Å². The van der Waals surface area contributed by atoms with E-state index in [1.165, 1.54) is 41.6 Å². The standard InChI is InChI=1S/C34H37ClN4O7S/c1-21-18-39(22(2)20-40)33(41)26-12-8-14-29(37-34(42)36-28-13-7-10-23-9-5-6-11-25(23)28)32(26)46-31(21)19-38(3)47(43,44)24-15-16-30(45-4)27(35)17-24/h5-17,21-22,31,40H,18-20H2,1-4H3,(H2,36,37,42). The van der Waals surface area contributed by atoms with Crippen LogP contribution in [-0.2, 0) is 10.0 Å². The Morgan fingerprint density at radius 3 is 2.49 bits per heavy atom. The van der Waals surface area contributed by atoms with Gasteiger partial charge in [-0.25, -0.2) is 13.2 Å². The van der Waals surface area contributed by atoms with Crippen LogP contribution in [0.25, 0.3) is 10.8 Å². The summed E-state index contributed by atoms with van der Waals surface area (Å²) in [6.45, 7) is 3.38. The number of sulfonamides is 1. The number of carbonyl (C=O) groups excluding carboxylic acids is 2. The van der Waals surface area contributed by atoms with Gasteiger partial charge in [-0.05, 0) is 48.7 Å². The molecule has 0 aliphatic carbocycles. The predicted molar refractivity (Wildman–Crippen MR) is 182 cm³/mol. The van der Waals surface area contributed by atoms with Gasteiger partial charge in [-0.15, -0.1) is 0 Å². The molecule has 13 heteroatoms. The smallest absolute Gasteiger partial charge is 0.323 e. The molecule has 3 unspecified atom stereocenters. The lowest BCUT2D eigenvalue weighted by molar-refractivity contribution is 0.0389. The van der Waals surface area contributed by atoms with Gasteiger partial charge in [0.25, 0.3) is 5.91 Å². The van der Waals surface area contributed by atoms with E-state index >= 15 is 0 Å². The summed E-state index contributed by atoms with van der Waals surface area (Å²) in [6.07, 6.45) is -0.771.